The number of hydrogen-bond donors (Lipinski definition) is 1. The van der Waals surface area contributed by atoms with Crippen molar-refractivity contribution in [2.45, 2.75) is 51.0 Å². The summed E-state index contributed by atoms with van der Waals surface area (Å²) in [5.41, 5.74) is 6.95. The van der Waals surface area contributed by atoms with Crippen LogP contribution in [0.5, 0.6) is 0 Å². The van der Waals surface area contributed by atoms with Gasteiger partial charge in [-0.15, -0.1) is 0 Å². The molecule has 0 saturated heterocycles. The van der Waals surface area contributed by atoms with Gasteiger partial charge < -0.3 is 5.73 Å². The highest BCUT2D eigenvalue weighted by Gasteiger charge is 2.20. The molecule has 3 heteroatoms. The van der Waals surface area contributed by atoms with Crippen molar-refractivity contribution in [3.8, 4) is 0 Å². The molecule has 0 radical (unpaired) electrons. The molecule has 1 saturated carbocycles. The Balaban J connectivity index is 1.98. The Bertz CT molecular complexity index is 386. The van der Waals surface area contributed by atoms with Gasteiger partial charge in [0.15, 0.2) is 0 Å². The van der Waals surface area contributed by atoms with Crippen LogP contribution in [0.15, 0.2) is 18.2 Å². The molecule has 1 aliphatic rings. The van der Waals surface area contributed by atoms with Gasteiger partial charge in [-0.2, -0.15) is 0 Å². The molecule has 100 valence electrons. The second kappa shape index (κ2) is 6.53. The van der Waals surface area contributed by atoms with Gasteiger partial charge in [-0.3, -0.25) is 0 Å². The van der Waals surface area contributed by atoms with Crippen molar-refractivity contribution < 1.29 is 4.39 Å². The van der Waals surface area contributed by atoms with Crippen molar-refractivity contribution in [1.82, 2.24) is 0 Å². The zero-order chi connectivity index (χ0) is 13.0. The molecular formula is C15H21ClFN. The number of nitrogens with two attached hydrogens (primary N) is 1. The Kier molecular flexibility index (Phi) is 5.02. The van der Waals surface area contributed by atoms with E-state index in [1.165, 1.54) is 44.6 Å². The molecule has 0 bridgehead atoms. The van der Waals surface area contributed by atoms with Gasteiger partial charge in [0.1, 0.15) is 5.82 Å². The fraction of sp³-hybridized carbons (Fsp3) is 0.600. The number of halogens is 2. The molecule has 1 atom stereocenters. The lowest BCUT2D eigenvalue weighted by molar-refractivity contribution is 0.369. The van der Waals surface area contributed by atoms with Gasteiger partial charge in [0.25, 0.3) is 0 Å². The summed E-state index contributed by atoms with van der Waals surface area (Å²) in [7, 11) is 0. The molecule has 1 nitrogen and oxygen atoms in total. The zero-order valence-electron chi connectivity index (χ0n) is 10.7. The van der Waals surface area contributed by atoms with E-state index in [-0.39, 0.29) is 11.9 Å². The molecule has 2 N–H and O–H groups in total. The molecule has 2 rings (SSSR count). The van der Waals surface area contributed by atoms with Crippen LogP contribution in [-0.4, -0.2) is 6.04 Å². The summed E-state index contributed by atoms with van der Waals surface area (Å²) in [5.74, 6) is 0.314. The highest BCUT2D eigenvalue weighted by Crippen LogP contribution is 2.27. The molecule has 0 aromatic heterocycles. The summed E-state index contributed by atoms with van der Waals surface area (Å²) in [6.45, 7) is 0. The maximum absolute atomic E-state index is 13.7. The quantitative estimate of drug-likeness (QED) is 0.813. The molecule has 1 fully saturated rings. The van der Waals surface area contributed by atoms with Gasteiger partial charge in [0, 0.05) is 11.1 Å². The van der Waals surface area contributed by atoms with E-state index in [1.807, 2.05) is 0 Å². The molecule has 1 aliphatic carbocycles. The molecule has 0 aliphatic heterocycles. The SMILES string of the molecule is NC(Cc1ccc(Cl)cc1F)C1CCCCCC1. The van der Waals surface area contributed by atoms with E-state index >= 15 is 0 Å². The van der Waals surface area contributed by atoms with Crippen LogP contribution in [0.3, 0.4) is 0 Å². The highest BCUT2D eigenvalue weighted by molar-refractivity contribution is 6.30. The summed E-state index contributed by atoms with van der Waals surface area (Å²) < 4.78 is 13.7. The Labute approximate surface area is 114 Å². The summed E-state index contributed by atoms with van der Waals surface area (Å²) >= 11 is 5.75. The summed E-state index contributed by atoms with van der Waals surface area (Å²) in [4.78, 5) is 0. The average molecular weight is 270 g/mol. The van der Waals surface area contributed by atoms with Crippen molar-refractivity contribution in [3.63, 3.8) is 0 Å². The first-order chi connectivity index (χ1) is 8.66. The fourth-order valence-electron chi connectivity index (χ4n) is 2.85. The van der Waals surface area contributed by atoms with Crippen LogP contribution < -0.4 is 5.73 Å². The van der Waals surface area contributed by atoms with Crippen LogP contribution in [0.4, 0.5) is 4.39 Å². The lowest BCUT2D eigenvalue weighted by Crippen LogP contribution is -2.32. The maximum Gasteiger partial charge on any atom is 0.127 e. The van der Waals surface area contributed by atoms with Gasteiger partial charge in [-0.25, -0.2) is 4.39 Å². The standard InChI is InChI=1S/C15H21ClFN/c16-13-8-7-12(14(17)10-13)9-15(18)11-5-3-1-2-4-6-11/h7-8,10-11,15H,1-6,9,18H2. The lowest BCUT2D eigenvalue weighted by Gasteiger charge is -2.22. The zero-order valence-corrected chi connectivity index (χ0v) is 11.4. The van der Waals surface area contributed by atoms with Crippen molar-refractivity contribution >= 4 is 11.6 Å². The van der Waals surface area contributed by atoms with Crippen molar-refractivity contribution in [2.75, 3.05) is 0 Å². The van der Waals surface area contributed by atoms with Crippen LogP contribution in [0, 0.1) is 11.7 Å². The van der Waals surface area contributed by atoms with Gasteiger partial charge in [-0.05, 0) is 42.9 Å². The monoisotopic (exact) mass is 269 g/mol. The van der Waals surface area contributed by atoms with Crippen LogP contribution in [0.1, 0.15) is 44.1 Å². The first-order valence-electron chi connectivity index (χ1n) is 6.86. The molecule has 18 heavy (non-hydrogen) atoms. The fourth-order valence-corrected chi connectivity index (χ4v) is 3.01. The van der Waals surface area contributed by atoms with E-state index in [4.69, 9.17) is 17.3 Å². The Morgan fingerprint density at radius 3 is 2.50 bits per heavy atom. The number of benzene rings is 1. The third-order valence-electron chi connectivity index (χ3n) is 3.98. The van der Waals surface area contributed by atoms with E-state index in [1.54, 1.807) is 12.1 Å². The van der Waals surface area contributed by atoms with Crippen molar-refractivity contribution in [3.05, 3.63) is 34.6 Å². The number of rotatable bonds is 3. The Morgan fingerprint density at radius 2 is 1.89 bits per heavy atom. The van der Waals surface area contributed by atoms with Gasteiger partial charge in [0.2, 0.25) is 0 Å². The lowest BCUT2D eigenvalue weighted by atomic mass is 9.88. The summed E-state index contributed by atoms with van der Waals surface area (Å²) in [6.07, 6.45) is 8.17. The molecule has 1 aromatic rings. The van der Waals surface area contributed by atoms with E-state index < -0.39 is 0 Å². The van der Waals surface area contributed by atoms with Gasteiger partial charge >= 0.3 is 0 Å². The normalized spacial score (nSPS) is 19.5. The summed E-state index contributed by atoms with van der Waals surface area (Å²) in [6, 6.07) is 4.93. The predicted molar refractivity (Wildman–Crippen MR) is 74.3 cm³/mol. The van der Waals surface area contributed by atoms with Gasteiger partial charge in [-0.1, -0.05) is 43.4 Å². The second-order valence-corrected chi connectivity index (χ2v) is 5.79. The van der Waals surface area contributed by atoms with Crippen LogP contribution in [-0.2, 0) is 6.42 Å². The third-order valence-corrected chi connectivity index (χ3v) is 4.21. The van der Waals surface area contributed by atoms with E-state index in [0.717, 1.165) is 0 Å². The van der Waals surface area contributed by atoms with Crippen molar-refractivity contribution in [2.24, 2.45) is 11.7 Å². The van der Waals surface area contributed by atoms with Crippen molar-refractivity contribution in [1.29, 1.82) is 0 Å². The van der Waals surface area contributed by atoms with E-state index in [2.05, 4.69) is 0 Å². The smallest absolute Gasteiger partial charge is 0.127 e. The van der Waals surface area contributed by atoms with E-state index in [9.17, 15) is 4.39 Å². The minimum absolute atomic E-state index is 0.0683. The van der Waals surface area contributed by atoms with Gasteiger partial charge in [0.05, 0.1) is 0 Å². The first kappa shape index (κ1) is 13.8. The molecule has 0 heterocycles. The second-order valence-electron chi connectivity index (χ2n) is 5.36. The van der Waals surface area contributed by atoms with Crippen LogP contribution >= 0.6 is 11.6 Å². The third kappa shape index (κ3) is 3.69. The topological polar surface area (TPSA) is 26.0 Å². The van der Waals surface area contributed by atoms with Crippen LogP contribution in [0.2, 0.25) is 5.02 Å². The molecule has 0 amide bonds. The number of hydrogen-bond acceptors (Lipinski definition) is 1. The molecular weight excluding hydrogens is 249 g/mol. The minimum atomic E-state index is -0.230. The first-order valence-corrected chi connectivity index (χ1v) is 7.24. The Morgan fingerprint density at radius 1 is 1.22 bits per heavy atom. The average Bonchev–Trinajstić information content (AvgIpc) is 2.61. The van der Waals surface area contributed by atoms with E-state index in [0.29, 0.717) is 22.9 Å². The molecule has 1 aromatic carbocycles. The predicted octanol–water partition coefficient (Wildman–Crippen LogP) is 4.32. The largest absolute Gasteiger partial charge is 0.327 e. The molecule has 1 unspecified atom stereocenters. The minimum Gasteiger partial charge on any atom is -0.327 e. The Hall–Kier alpha value is -0.600. The van der Waals surface area contributed by atoms with Crippen LogP contribution in [0.25, 0.3) is 0 Å². The molecule has 0 spiro atoms. The summed E-state index contributed by atoms with van der Waals surface area (Å²) in [5, 5.41) is 0.444. The maximum atomic E-state index is 13.7. The highest BCUT2D eigenvalue weighted by atomic mass is 35.5.